The van der Waals surface area contributed by atoms with Crippen LogP contribution in [0.1, 0.15) is 187 Å². The minimum absolute atomic E-state index is 0.147. The van der Waals surface area contributed by atoms with E-state index >= 15 is 0 Å². The standard InChI is InChI=1S/C45H81O10P/c1-3-5-7-9-11-13-15-17-19-20-21-23-25-27-29-31-33-35-37-45(49)55-43(41-54-56(50,51)53-39-42(47)38-46)40-52-44(48)36-34-32-30-28-26-24-22-18-16-14-12-10-8-6-4-2/h9,11,15,17,20-21,25,27,42-43,46-47H,3-8,10,12-14,16,18-19,22-24,26,28-41H2,1-2H3,(H,50,51)/b11-9-,17-15-,21-20-,27-25-/t42-,43+/m0/s1. The minimum Gasteiger partial charge on any atom is -0.462 e. The third-order valence-corrected chi connectivity index (χ3v) is 10.2. The van der Waals surface area contributed by atoms with Crippen molar-refractivity contribution in [3.8, 4) is 0 Å². The number of aliphatic hydroxyl groups is 2. The van der Waals surface area contributed by atoms with Crippen LogP contribution in [0.15, 0.2) is 48.6 Å². The van der Waals surface area contributed by atoms with Gasteiger partial charge >= 0.3 is 19.8 Å². The molecule has 326 valence electrons. The van der Waals surface area contributed by atoms with Gasteiger partial charge in [0.2, 0.25) is 0 Å². The number of hydrogen-bond donors (Lipinski definition) is 3. The summed E-state index contributed by atoms with van der Waals surface area (Å²) in [5.41, 5.74) is 0. The van der Waals surface area contributed by atoms with E-state index in [1.54, 1.807) is 0 Å². The molecule has 0 fully saturated rings. The number of aliphatic hydroxyl groups excluding tert-OH is 2. The monoisotopic (exact) mass is 813 g/mol. The first-order valence-corrected chi connectivity index (χ1v) is 23.6. The fourth-order valence-electron chi connectivity index (χ4n) is 5.79. The number of ether oxygens (including phenoxy) is 2. The van der Waals surface area contributed by atoms with Crippen LogP contribution >= 0.6 is 7.82 Å². The summed E-state index contributed by atoms with van der Waals surface area (Å²) in [6.45, 7) is 2.31. The van der Waals surface area contributed by atoms with Crippen LogP contribution in [0, 0.1) is 0 Å². The molecule has 0 aromatic carbocycles. The van der Waals surface area contributed by atoms with E-state index in [4.69, 9.17) is 19.1 Å². The van der Waals surface area contributed by atoms with Gasteiger partial charge < -0.3 is 24.6 Å². The van der Waals surface area contributed by atoms with Gasteiger partial charge in [0.25, 0.3) is 0 Å². The van der Waals surface area contributed by atoms with E-state index in [2.05, 4.69) is 67.0 Å². The van der Waals surface area contributed by atoms with Gasteiger partial charge in [0, 0.05) is 12.8 Å². The number of hydrogen-bond acceptors (Lipinski definition) is 9. The number of esters is 2. The number of carbonyl (C=O) groups is 2. The Bertz CT molecular complexity index is 1070. The highest BCUT2D eigenvalue weighted by Crippen LogP contribution is 2.43. The fraction of sp³-hybridized carbons (Fsp3) is 0.778. The molecular weight excluding hydrogens is 731 g/mol. The maximum atomic E-state index is 12.6. The molecule has 10 nitrogen and oxygen atoms in total. The molecule has 0 rings (SSSR count). The molecule has 0 spiro atoms. The van der Waals surface area contributed by atoms with Gasteiger partial charge in [0.1, 0.15) is 12.7 Å². The SMILES string of the molecule is CCCC/C=C\C/C=C\C/C=C\C/C=C\CCCCCC(=O)O[C@H](COC(=O)CCCCCCCCCCCCCCCCC)COP(=O)(O)OC[C@@H](O)CO. The van der Waals surface area contributed by atoms with Crippen molar-refractivity contribution in [2.75, 3.05) is 26.4 Å². The van der Waals surface area contributed by atoms with E-state index in [9.17, 15) is 24.2 Å². The Morgan fingerprint density at radius 2 is 0.946 bits per heavy atom. The van der Waals surface area contributed by atoms with Crippen LogP contribution in [0.2, 0.25) is 0 Å². The van der Waals surface area contributed by atoms with Gasteiger partial charge in [-0.2, -0.15) is 0 Å². The molecule has 0 amide bonds. The fourth-order valence-corrected chi connectivity index (χ4v) is 6.58. The van der Waals surface area contributed by atoms with Crippen LogP contribution in [0.3, 0.4) is 0 Å². The summed E-state index contributed by atoms with van der Waals surface area (Å²) < 4.78 is 32.7. The maximum Gasteiger partial charge on any atom is 0.472 e. The van der Waals surface area contributed by atoms with E-state index in [0.29, 0.717) is 12.8 Å². The van der Waals surface area contributed by atoms with E-state index in [-0.39, 0.29) is 19.4 Å². The molecule has 1 unspecified atom stereocenters. The van der Waals surface area contributed by atoms with Gasteiger partial charge in [0.15, 0.2) is 6.10 Å². The van der Waals surface area contributed by atoms with Gasteiger partial charge in [0.05, 0.1) is 19.8 Å². The summed E-state index contributed by atoms with van der Waals surface area (Å²) in [6.07, 6.45) is 43.6. The molecule has 3 atom stereocenters. The molecule has 0 saturated carbocycles. The maximum absolute atomic E-state index is 12.6. The predicted molar refractivity (Wildman–Crippen MR) is 228 cm³/mol. The second kappa shape index (κ2) is 41.1. The van der Waals surface area contributed by atoms with Crippen molar-refractivity contribution in [2.45, 2.75) is 199 Å². The summed E-state index contributed by atoms with van der Waals surface area (Å²) in [5.74, 6) is -0.958. The molecule has 0 aromatic rings. The minimum atomic E-state index is -4.63. The highest BCUT2D eigenvalue weighted by molar-refractivity contribution is 7.47. The number of unbranched alkanes of at least 4 members (excludes halogenated alkanes) is 19. The van der Waals surface area contributed by atoms with Gasteiger partial charge in [-0.05, 0) is 51.4 Å². The lowest BCUT2D eigenvalue weighted by molar-refractivity contribution is -0.161. The predicted octanol–water partition coefficient (Wildman–Crippen LogP) is 11.7. The summed E-state index contributed by atoms with van der Waals surface area (Å²) in [4.78, 5) is 35.0. The Morgan fingerprint density at radius 1 is 0.536 bits per heavy atom. The summed E-state index contributed by atoms with van der Waals surface area (Å²) >= 11 is 0. The molecule has 0 aromatic heterocycles. The lowest BCUT2D eigenvalue weighted by Gasteiger charge is -2.20. The number of allylic oxidation sites excluding steroid dienone is 8. The molecule has 0 saturated heterocycles. The number of carbonyl (C=O) groups excluding carboxylic acids is 2. The van der Waals surface area contributed by atoms with E-state index in [1.807, 2.05) is 0 Å². The van der Waals surface area contributed by atoms with Crippen LogP contribution in [0.4, 0.5) is 0 Å². The van der Waals surface area contributed by atoms with Crippen molar-refractivity contribution in [1.29, 1.82) is 0 Å². The molecule has 0 radical (unpaired) electrons. The largest absolute Gasteiger partial charge is 0.472 e. The number of phosphoric ester groups is 1. The first-order valence-electron chi connectivity index (χ1n) is 22.1. The zero-order valence-electron chi connectivity index (χ0n) is 35.3. The lowest BCUT2D eigenvalue weighted by Crippen LogP contribution is -2.29. The van der Waals surface area contributed by atoms with Crippen LogP contribution in [0.25, 0.3) is 0 Å². The van der Waals surface area contributed by atoms with Crippen LogP contribution < -0.4 is 0 Å². The van der Waals surface area contributed by atoms with Crippen LogP contribution in [0.5, 0.6) is 0 Å². The normalized spacial score (nSPS) is 14.3. The quantitative estimate of drug-likeness (QED) is 0.0236. The number of rotatable bonds is 41. The van der Waals surface area contributed by atoms with E-state index in [0.717, 1.165) is 64.2 Å². The topological polar surface area (TPSA) is 149 Å². The Kier molecular flexibility index (Phi) is 39.6. The smallest absolute Gasteiger partial charge is 0.462 e. The average molecular weight is 813 g/mol. The Morgan fingerprint density at radius 3 is 1.45 bits per heavy atom. The molecule has 0 heterocycles. The van der Waals surface area contributed by atoms with E-state index in [1.165, 1.54) is 83.5 Å². The molecule has 0 bridgehead atoms. The third kappa shape index (κ3) is 40.1. The highest BCUT2D eigenvalue weighted by Gasteiger charge is 2.27. The van der Waals surface area contributed by atoms with Crippen molar-refractivity contribution in [1.82, 2.24) is 0 Å². The Hall–Kier alpha value is -2.07. The first kappa shape index (κ1) is 53.9. The summed E-state index contributed by atoms with van der Waals surface area (Å²) in [7, 11) is -4.63. The molecule has 3 N–H and O–H groups in total. The van der Waals surface area contributed by atoms with Gasteiger partial charge in [-0.25, -0.2) is 4.57 Å². The van der Waals surface area contributed by atoms with Gasteiger partial charge in [-0.3, -0.25) is 18.6 Å². The van der Waals surface area contributed by atoms with Crippen LogP contribution in [-0.2, 0) is 32.7 Å². The zero-order valence-corrected chi connectivity index (χ0v) is 36.2. The van der Waals surface area contributed by atoms with Crippen molar-refractivity contribution < 1.29 is 47.8 Å². The molecule has 0 aliphatic carbocycles. The Labute approximate surface area is 341 Å². The first-order chi connectivity index (χ1) is 27.2. The molecule has 0 aliphatic heterocycles. The molecule has 0 aliphatic rings. The van der Waals surface area contributed by atoms with Crippen molar-refractivity contribution in [3.05, 3.63) is 48.6 Å². The second-order valence-corrected chi connectivity index (χ2v) is 16.2. The van der Waals surface area contributed by atoms with Crippen molar-refractivity contribution >= 4 is 19.8 Å². The van der Waals surface area contributed by atoms with Crippen LogP contribution in [-0.4, -0.2) is 65.7 Å². The molecular formula is C45H81O10P. The third-order valence-electron chi connectivity index (χ3n) is 9.24. The van der Waals surface area contributed by atoms with Gasteiger partial charge in [-0.1, -0.05) is 172 Å². The molecule has 11 heteroatoms. The van der Waals surface area contributed by atoms with Gasteiger partial charge in [-0.15, -0.1) is 0 Å². The summed E-state index contributed by atoms with van der Waals surface area (Å²) in [5, 5.41) is 18.3. The Balaban J connectivity index is 4.35. The summed E-state index contributed by atoms with van der Waals surface area (Å²) in [6, 6.07) is 0. The number of phosphoric acid groups is 1. The average Bonchev–Trinajstić information content (AvgIpc) is 3.19. The van der Waals surface area contributed by atoms with E-state index < -0.39 is 51.8 Å². The highest BCUT2D eigenvalue weighted by atomic mass is 31.2. The molecule has 56 heavy (non-hydrogen) atoms. The van der Waals surface area contributed by atoms with Crippen molar-refractivity contribution in [3.63, 3.8) is 0 Å². The lowest BCUT2D eigenvalue weighted by atomic mass is 10.0. The zero-order chi connectivity index (χ0) is 41.2. The second-order valence-electron chi connectivity index (χ2n) is 14.7. The van der Waals surface area contributed by atoms with Crippen molar-refractivity contribution in [2.24, 2.45) is 0 Å².